The minimum absolute atomic E-state index is 0.0239. The molecule has 2 saturated heterocycles. The van der Waals surface area contributed by atoms with Gasteiger partial charge in [-0.3, -0.25) is 9.59 Å². The van der Waals surface area contributed by atoms with E-state index in [1.807, 2.05) is 53.8 Å². The number of hydrogen-bond donors (Lipinski definition) is 2. The molecule has 54 heavy (non-hydrogen) atoms. The fourth-order valence-electron chi connectivity index (χ4n) is 5.36. The highest BCUT2D eigenvalue weighted by Crippen LogP contribution is 2.37. The van der Waals surface area contributed by atoms with Crippen molar-refractivity contribution in [2.75, 3.05) is 13.1 Å². The minimum Gasteiger partial charge on any atom is -0.399 e. The van der Waals surface area contributed by atoms with Crippen LogP contribution < -0.4 is 10.1 Å². The molecule has 2 aliphatic heterocycles. The lowest BCUT2D eigenvalue weighted by Crippen LogP contribution is -2.56. The molecule has 2 amide bonds. The Kier molecular flexibility index (Phi) is 13.4. The highest BCUT2D eigenvalue weighted by atomic mass is 35.5. The number of carbonyl (C=O) groups excluding carboxylic acids is 2. The summed E-state index contributed by atoms with van der Waals surface area (Å²) in [6.07, 6.45) is 9.43. The molecule has 1 atom stereocenters. The van der Waals surface area contributed by atoms with Gasteiger partial charge < -0.3 is 24.5 Å². The number of amides is 2. The van der Waals surface area contributed by atoms with Gasteiger partial charge in [0.25, 0.3) is 5.91 Å². The molecule has 2 aliphatic rings. The van der Waals surface area contributed by atoms with Crippen molar-refractivity contribution >= 4 is 104 Å². The smallest absolute Gasteiger partial charge is 0.399 e. The highest BCUT2D eigenvalue weighted by Gasteiger charge is 2.52. The number of nitriles is 1. The standard InChI is InChI=1S/C22H24ClN7O2S.C9H13BClNO2S.C3H2ClNS/c1-22(2,3)17(20(32)30-6-4-12(8-24)5-7-30)29-19(31)13-9-25-18-16(13)28-14(10-26-18)15-11-27-21(23)33-15;1-8(2)9(3,4)14-10(13-8)6-5-12-7(11)15-6;4-3-5-1-2-6-3/h9-12,17H,4-7H2,1-3H3,(H,25,26)(H,29,31);5H,1-4H3;1-2H/t17-;;/m0../s1. The van der Waals surface area contributed by atoms with Crippen molar-refractivity contribution in [2.45, 2.75) is 78.6 Å². The average Bonchev–Trinajstić information content (AvgIpc) is 3.96. The van der Waals surface area contributed by atoms with Crippen LogP contribution in [0.25, 0.3) is 21.7 Å². The van der Waals surface area contributed by atoms with E-state index in [1.165, 1.54) is 34.0 Å². The number of nitrogens with one attached hydrogen (secondary N) is 2. The van der Waals surface area contributed by atoms with Crippen molar-refractivity contribution in [3.63, 3.8) is 0 Å². The largest absolute Gasteiger partial charge is 0.507 e. The van der Waals surface area contributed by atoms with Gasteiger partial charge in [-0.05, 0) is 46.0 Å². The van der Waals surface area contributed by atoms with Gasteiger partial charge in [0.2, 0.25) is 5.91 Å². The Morgan fingerprint density at radius 1 is 1.00 bits per heavy atom. The summed E-state index contributed by atoms with van der Waals surface area (Å²) in [5.74, 6) is -0.572. The molecule has 0 saturated carbocycles. The number of aromatic nitrogens is 6. The van der Waals surface area contributed by atoms with Crippen LogP contribution in [0.3, 0.4) is 0 Å². The van der Waals surface area contributed by atoms with Crippen LogP contribution in [0.2, 0.25) is 13.4 Å². The third kappa shape index (κ3) is 10.1. The molecule has 0 radical (unpaired) electrons. The van der Waals surface area contributed by atoms with Crippen molar-refractivity contribution in [3.8, 4) is 16.6 Å². The number of rotatable bonds is 5. The lowest BCUT2D eigenvalue weighted by atomic mass is 9.85. The van der Waals surface area contributed by atoms with Crippen LogP contribution in [-0.4, -0.2) is 84.1 Å². The lowest BCUT2D eigenvalue weighted by molar-refractivity contribution is -0.137. The topological polar surface area (TPSA) is 172 Å². The molecule has 5 aromatic heterocycles. The molecule has 5 aromatic rings. The van der Waals surface area contributed by atoms with E-state index in [4.69, 9.17) is 49.4 Å². The first kappa shape index (κ1) is 41.9. The summed E-state index contributed by atoms with van der Waals surface area (Å²) in [5, 5.41) is 13.9. The number of fused-ring (bicyclic) bond motifs is 1. The van der Waals surface area contributed by atoms with Crippen LogP contribution >= 0.6 is 68.8 Å². The molecule has 0 spiro atoms. The molecule has 2 fully saturated rings. The number of H-pyrrole nitrogens is 1. The van der Waals surface area contributed by atoms with Crippen LogP contribution in [0.5, 0.6) is 0 Å². The maximum absolute atomic E-state index is 13.3. The molecular weight excluding hydrogens is 812 g/mol. The van der Waals surface area contributed by atoms with Crippen LogP contribution in [0.1, 0.15) is 71.7 Å². The van der Waals surface area contributed by atoms with Gasteiger partial charge in [-0.25, -0.2) is 24.9 Å². The second-order valence-corrected chi connectivity index (χ2v) is 19.3. The second kappa shape index (κ2) is 17.3. The normalized spacial score (nSPS) is 17.2. The first-order chi connectivity index (χ1) is 25.4. The SMILES string of the molecule is CC(C)(C)[C@@H](NC(=O)c1c[nH]c2ncc(-c3cnc(Cl)s3)nc12)C(=O)N1CCC(C#N)CC1.CC1(C)OB(c2cnc(Cl)s2)OC1(C)C.Clc1nccs1. The van der Waals surface area contributed by atoms with Gasteiger partial charge in [0.15, 0.2) is 19.0 Å². The Morgan fingerprint density at radius 2 is 1.65 bits per heavy atom. The Morgan fingerprint density at radius 3 is 2.15 bits per heavy atom. The van der Waals surface area contributed by atoms with E-state index < -0.39 is 17.4 Å². The number of likely N-dealkylation sites (tertiary alicyclic amines) is 1. The lowest BCUT2D eigenvalue weighted by Gasteiger charge is -2.37. The van der Waals surface area contributed by atoms with Crippen LogP contribution in [-0.2, 0) is 14.1 Å². The van der Waals surface area contributed by atoms with E-state index in [1.54, 1.807) is 35.9 Å². The number of nitrogens with zero attached hydrogens (tertiary/aromatic N) is 7. The van der Waals surface area contributed by atoms with Gasteiger partial charge in [0.1, 0.15) is 17.3 Å². The summed E-state index contributed by atoms with van der Waals surface area (Å²) >= 11 is 21.2. The zero-order valence-corrected chi connectivity index (χ0v) is 35.4. The van der Waals surface area contributed by atoms with Crippen molar-refractivity contribution in [2.24, 2.45) is 11.3 Å². The first-order valence-corrected chi connectivity index (χ1v) is 20.5. The minimum atomic E-state index is -0.731. The zero-order valence-electron chi connectivity index (χ0n) is 30.6. The Labute approximate surface area is 341 Å². The van der Waals surface area contributed by atoms with Gasteiger partial charge in [0, 0.05) is 49.2 Å². The van der Waals surface area contributed by atoms with Crippen molar-refractivity contribution in [1.29, 1.82) is 5.26 Å². The maximum atomic E-state index is 13.3. The fourth-order valence-corrected chi connectivity index (χ4v) is 7.74. The molecule has 0 aromatic carbocycles. The molecule has 0 unspecified atom stereocenters. The van der Waals surface area contributed by atoms with Gasteiger partial charge in [-0.1, -0.05) is 55.6 Å². The zero-order chi connectivity index (χ0) is 39.4. The predicted molar refractivity (Wildman–Crippen MR) is 216 cm³/mol. The molecule has 7 rings (SSSR count). The molecule has 13 nitrogen and oxygen atoms in total. The number of hydrogen-bond acceptors (Lipinski definition) is 13. The van der Waals surface area contributed by atoms with Gasteiger partial charge >= 0.3 is 7.12 Å². The number of carbonyl (C=O) groups is 2. The third-order valence-electron chi connectivity index (χ3n) is 9.12. The van der Waals surface area contributed by atoms with Crippen LogP contribution in [0, 0.1) is 22.7 Å². The summed E-state index contributed by atoms with van der Waals surface area (Å²) in [7, 11) is -0.347. The highest BCUT2D eigenvalue weighted by molar-refractivity contribution is 7.25. The third-order valence-corrected chi connectivity index (χ3v) is 12.3. The van der Waals surface area contributed by atoms with E-state index in [0.717, 1.165) is 9.65 Å². The maximum Gasteiger partial charge on any atom is 0.507 e. The summed E-state index contributed by atoms with van der Waals surface area (Å²) in [6, 6.07) is 1.54. The molecule has 2 N–H and O–H groups in total. The molecule has 286 valence electrons. The Bertz CT molecular complexity index is 2090. The van der Waals surface area contributed by atoms with Crippen molar-refractivity contribution < 1.29 is 18.9 Å². The summed E-state index contributed by atoms with van der Waals surface area (Å²) in [5.41, 5.74) is 0.606. The van der Waals surface area contributed by atoms with Crippen molar-refractivity contribution in [3.05, 3.63) is 55.3 Å². The Hall–Kier alpha value is -3.21. The monoisotopic (exact) mass is 849 g/mol. The molecule has 0 aliphatic carbocycles. The van der Waals surface area contributed by atoms with E-state index in [-0.39, 0.29) is 30.1 Å². The van der Waals surface area contributed by atoms with E-state index in [2.05, 4.69) is 41.3 Å². The molecule has 20 heteroatoms. The molecule has 0 bridgehead atoms. The van der Waals surface area contributed by atoms with E-state index >= 15 is 0 Å². The summed E-state index contributed by atoms with van der Waals surface area (Å²) < 4.78 is 14.1. The summed E-state index contributed by atoms with van der Waals surface area (Å²) in [6.45, 7) is 14.9. The van der Waals surface area contributed by atoms with Gasteiger partial charge in [0.05, 0.1) is 38.7 Å². The fraction of sp³-hybridized carbons (Fsp3) is 0.471. The van der Waals surface area contributed by atoms with E-state index in [9.17, 15) is 9.59 Å². The second-order valence-electron chi connectivity index (χ2n) is 14.5. The average molecular weight is 851 g/mol. The number of halogens is 3. The molecule has 7 heterocycles. The van der Waals surface area contributed by atoms with Crippen LogP contribution in [0.15, 0.2) is 36.4 Å². The number of aromatic amines is 1. The molecular formula is C34H39BCl3N9O4S3. The van der Waals surface area contributed by atoms with Gasteiger partial charge in [-0.2, -0.15) is 5.26 Å². The number of thiazole rings is 3. The van der Waals surface area contributed by atoms with E-state index in [0.29, 0.717) is 61.8 Å². The Balaban J connectivity index is 0.000000217. The number of piperidine rings is 1. The predicted octanol–water partition coefficient (Wildman–Crippen LogP) is 7.53. The first-order valence-electron chi connectivity index (χ1n) is 16.9. The van der Waals surface area contributed by atoms with Crippen molar-refractivity contribution in [1.82, 2.24) is 40.1 Å². The van der Waals surface area contributed by atoms with Crippen LogP contribution in [0.4, 0.5) is 0 Å². The quantitative estimate of drug-likeness (QED) is 0.169. The van der Waals surface area contributed by atoms with Gasteiger partial charge in [-0.15, -0.1) is 34.0 Å². The summed E-state index contributed by atoms with van der Waals surface area (Å²) in [4.78, 5) is 52.7.